The zero-order valence-corrected chi connectivity index (χ0v) is 18.0. The SMILES string of the molecule is CS(=O)(=O)CCC(NC(=O)OCc1ccccc1)C(=O)NC1CCCC(C(F)(F)F)C1. The third kappa shape index (κ3) is 9.16. The Morgan fingerprint density at radius 3 is 2.48 bits per heavy atom. The van der Waals surface area contributed by atoms with Crippen molar-refractivity contribution in [1.29, 1.82) is 0 Å². The van der Waals surface area contributed by atoms with Crippen LogP contribution in [0.2, 0.25) is 0 Å². The molecule has 174 valence electrons. The molecule has 1 aliphatic carbocycles. The van der Waals surface area contributed by atoms with Crippen molar-refractivity contribution >= 4 is 21.8 Å². The molecule has 1 aromatic carbocycles. The van der Waals surface area contributed by atoms with Crippen LogP contribution in [0.5, 0.6) is 0 Å². The van der Waals surface area contributed by atoms with Gasteiger partial charge in [-0.05, 0) is 31.2 Å². The van der Waals surface area contributed by atoms with Crippen LogP contribution in [-0.4, -0.2) is 50.7 Å². The Kier molecular flexibility index (Phi) is 8.72. The number of carbonyl (C=O) groups excluding carboxylic acids is 2. The van der Waals surface area contributed by atoms with E-state index in [9.17, 15) is 31.2 Å². The highest BCUT2D eigenvalue weighted by molar-refractivity contribution is 7.90. The first-order chi connectivity index (χ1) is 14.4. The van der Waals surface area contributed by atoms with Crippen LogP contribution in [-0.2, 0) is 26.0 Å². The van der Waals surface area contributed by atoms with Gasteiger partial charge in [0.05, 0.1) is 11.7 Å². The molecule has 0 heterocycles. The molecule has 2 N–H and O–H groups in total. The summed E-state index contributed by atoms with van der Waals surface area (Å²) in [4.78, 5) is 24.8. The molecule has 3 atom stereocenters. The number of alkyl carbamates (subject to hydrolysis) is 1. The van der Waals surface area contributed by atoms with E-state index < -0.39 is 46.0 Å². The molecule has 1 saturated carbocycles. The van der Waals surface area contributed by atoms with Gasteiger partial charge >= 0.3 is 12.3 Å². The lowest BCUT2D eigenvalue weighted by Gasteiger charge is -2.32. The number of nitrogens with one attached hydrogen (secondary N) is 2. The van der Waals surface area contributed by atoms with Gasteiger partial charge in [-0.1, -0.05) is 36.8 Å². The number of carbonyl (C=O) groups is 2. The molecule has 2 rings (SSSR count). The highest BCUT2D eigenvalue weighted by Gasteiger charge is 2.42. The van der Waals surface area contributed by atoms with E-state index in [2.05, 4.69) is 10.6 Å². The second-order valence-corrected chi connectivity index (χ2v) is 10.0. The Morgan fingerprint density at radius 1 is 1.19 bits per heavy atom. The van der Waals surface area contributed by atoms with Crippen molar-refractivity contribution < 1.29 is 35.9 Å². The first-order valence-electron chi connectivity index (χ1n) is 9.96. The largest absolute Gasteiger partial charge is 0.445 e. The molecule has 0 aliphatic heterocycles. The van der Waals surface area contributed by atoms with E-state index in [1.807, 2.05) is 0 Å². The second kappa shape index (κ2) is 10.8. The van der Waals surface area contributed by atoms with Gasteiger partial charge in [0.1, 0.15) is 22.5 Å². The first kappa shape index (κ1) is 25.0. The molecule has 11 heteroatoms. The quantitative estimate of drug-likeness (QED) is 0.616. The minimum absolute atomic E-state index is 0.0113. The minimum atomic E-state index is -4.33. The maximum atomic E-state index is 13.0. The average Bonchev–Trinajstić information content (AvgIpc) is 2.69. The van der Waals surface area contributed by atoms with E-state index in [1.165, 1.54) is 0 Å². The van der Waals surface area contributed by atoms with Crippen molar-refractivity contribution in [2.45, 2.75) is 57.0 Å². The molecular weight excluding hydrogens is 437 g/mol. The molecule has 0 saturated heterocycles. The van der Waals surface area contributed by atoms with Crippen molar-refractivity contribution in [3.63, 3.8) is 0 Å². The topological polar surface area (TPSA) is 102 Å². The van der Waals surface area contributed by atoms with Crippen LogP contribution >= 0.6 is 0 Å². The van der Waals surface area contributed by atoms with E-state index in [1.54, 1.807) is 30.3 Å². The third-order valence-corrected chi connectivity index (χ3v) is 6.06. The fraction of sp³-hybridized carbons (Fsp3) is 0.600. The number of hydrogen-bond donors (Lipinski definition) is 2. The first-order valence-corrected chi connectivity index (χ1v) is 12.0. The number of sulfone groups is 1. The fourth-order valence-corrected chi connectivity index (χ4v) is 4.09. The number of hydrogen-bond acceptors (Lipinski definition) is 5. The summed E-state index contributed by atoms with van der Waals surface area (Å²) in [5, 5.41) is 4.86. The summed E-state index contributed by atoms with van der Waals surface area (Å²) < 4.78 is 67.1. The number of ether oxygens (including phenoxy) is 1. The number of rotatable bonds is 8. The van der Waals surface area contributed by atoms with Crippen LogP contribution in [0.1, 0.15) is 37.7 Å². The third-order valence-electron chi connectivity index (χ3n) is 5.08. The summed E-state index contributed by atoms with van der Waals surface area (Å²) in [6, 6.07) is 6.85. The molecule has 1 aliphatic rings. The zero-order chi connectivity index (χ0) is 23.1. The maximum Gasteiger partial charge on any atom is 0.408 e. The van der Waals surface area contributed by atoms with Gasteiger partial charge in [-0.2, -0.15) is 13.2 Å². The lowest BCUT2D eigenvalue weighted by atomic mass is 9.85. The number of benzene rings is 1. The van der Waals surface area contributed by atoms with Gasteiger partial charge in [0.2, 0.25) is 5.91 Å². The Hall–Kier alpha value is -2.30. The standard InChI is InChI=1S/C20H27F3N2O5S/c1-31(28,29)11-10-17(25-19(27)30-13-14-6-3-2-4-7-14)18(26)24-16-9-5-8-15(12-16)20(21,22)23/h2-4,6-7,15-17H,5,8-13H2,1H3,(H,24,26)(H,25,27). The van der Waals surface area contributed by atoms with Crippen molar-refractivity contribution in [3.8, 4) is 0 Å². The molecular formula is C20H27F3N2O5S. The van der Waals surface area contributed by atoms with Crippen molar-refractivity contribution in [1.82, 2.24) is 10.6 Å². The smallest absolute Gasteiger partial charge is 0.408 e. The van der Waals surface area contributed by atoms with Gasteiger partial charge in [0.15, 0.2) is 0 Å². The summed E-state index contributed by atoms with van der Waals surface area (Å²) in [5.74, 6) is -2.60. The molecule has 0 aromatic heterocycles. The molecule has 3 unspecified atom stereocenters. The molecule has 31 heavy (non-hydrogen) atoms. The lowest BCUT2D eigenvalue weighted by Crippen LogP contribution is -2.51. The Labute approximate surface area is 179 Å². The van der Waals surface area contributed by atoms with Crippen molar-refractivity contribution in [2.75, 3.05) is 12.0 Å². The van der Waals surface area contributed by atoms with Crippen molar-refractivity contribution in [3.05, 3.63) is 35.9 Å². The summed E-state index contributed by atoms with van der Waals surface area (Å²) in [7, 11) is -3.43. The highest BCUT2D eigenvalue weighted by Crippen LogP contribution is 2.37. The lowest BCUT2D eigenvalue weighted by molar-refractivity contribution is -0.184. The van der Waals surface area contributed by atoms with Crippen LogP contribution in [0.25, 0.3) is 0 Å². The van der Waals surface area contributed by atoms with Crippen LogP contribution in [0, 0.1) is 5.92 Å². The minimum Gasteiger partial charge on any atom is -0.445 e. The Bertz CT molecular complexity index is 846. The highest BCUT2D eigenvalue weighted by atomic mass is 32.2. The maximum absolute atomic E-state index is 13.0. The van der Waals surface area contributed by atoms with Crippen LogP contribution < -0.4 is 10.6 Å². The predicted octanol–water partition coefficient (Wildman–Crippen LogP) is 2.95. The number of alkyl halides is 3. The van der Waals surface area contributed by atoms with Gasteiger partial charge in [0.25, 0.3) is 0 Å². The number of amides is 2. The molecule has 0 spiro atoms. The van der Waals surface area contributed by atoms with E-state index >= 15 is 0 Å². The molecule has 1 fully saturated rings. The Morgan fingerprint density at radius 2 is 1.87 bits per heavy atom. The second-order valence-electron chi connectivity index (χ2n) is 7.79. The van der Waals surface area contributed by atoms with E-state index in [4.69, 9.17) is 4.74 Å². The summed E-state index contributed by atoms with van der Waals surface area (Å²) in [6.45, 7) is -0.0526. The van der Waals surface area contributed by atoms with Gasteiger partial charge in [-0.3, -0.25) is 4.79 Å². The predicted molar refractivity (Wildman–Crippen MR) is 108 cm³/mol. The number of halogens is 3. The van der Waals surface area contributed by atoms with Gasteiger partial charge in [-0.25, -0.2) is 13.2 Å². The Balaban J connectivity index is 1.97. The summed E-state index contributed by atoms with van der Waals surface area (Å²) >= 11 is 0. The molecule has 1 aromatic rings. The molecule has 0 bridgehead atoms. The van der Waals surface area contributed by atoms with Gasteiger partial charge < -0.3 is 15.4 Å². The molecule has 0 radical (unpaired) electrons. The zero-order valence-electron chi connectivity index (χ0n) is 17.2. The summed E-state index contributed by atoms with van der Waals surface area (Å²) in [5.41, 5.74) is 0.718. The molecule has 7 nitrogen and oxygen atoms in total. The van der Waals surface area contributed by atoms with Gasteiger partial charge in [0, 0.05) is 12.3 Å². The normalized spacial score (nSPS) is 20.5. The summed E-state index contributed by atoms with van der Waals surface area (Å²) in [6.07, 6.45) is -4.02. The molecule has 2 amide bonds. The van der Waals surface area contributed by atoms with E-state index in [-0.39, 0.29) is 31.6 Å². The van der Waals surface area contributed by atoms with E-state index in [0.29, 0.717) is 12.8 Å². The van der Waals surface area contributed by atoms with Crippen LogP contribution in [0.3, 0.4) is 0 Å². The van der Waals surface area contributed by atoms with Gasteiger partial charge in [-0.15, -0.1) is 0 Å². The average molecular weight is 465 g/mol. The fourth-order valence-electron chi connectivity index (χ4n) is 3.43. The van der Waals surface area contributed by atoms with Crippen LogP contribution in [0.4, 0.5) is 18.0 Å². The van der Waals surface area contributed by atoms with Crippen LogP contribution in [0.15, 0.2) is 30.3 Å². The van der Waals surface area contributed by atoms with E-state index in [0.717, 1.165) is 11.8 Å². The van der Waals surface area contributed by atoms with Crippen molar-refractivity contribution in [2.24, 2.45) is 5.92 Å². The monoisotopic (exact) mass is 464 g/mol.